The van der Waals surface area contributed by atoms with Gasteiger partial charge in [0.15, 0.2) is 5.82 Å². The zero-order valence-corrected chi connectivity index (χ0v) is 10.2. The fourth-order valence-corrected chi connectivity index (χ4v) is 2.23. The molecule has 14 heavy (non-hydrogen) atoms. The monoisotopic (exact) mass is 271 g/mol. The predicted octanol–water partition coefficient (Wildman–Crippen LogP) is 3.33. The highest BCUT2D eigenvalue weighted by atomic mass is 35.6. The number of rotatable bonds is 2. The van der Waals surface area contributed by atoms with Crippen LogP contribution in [0.3, 0.4) is 0 Å². The Morgan fingerprint density at radius 1 is 1.36 bits per heavy atom. The zero-order chi connectivity index (χ0) is 10.2. The van der Waals surface area contributed by atoms with Crippen molar-refractivity contribution in [2.75, 3.05) is 5.32 Å². The van der Waals surface area contributed by atoms with Gasteiger partial charge in [0, 0.05) is 17.6 Å². The van der Waals surface area contributed by atoms with Crippen molar-refractivity contribution in [1.29, 1.82) is 0 Å². The maximum Gasteiger partial charge on any atom is 0.251 e. The van der Waals surface area contributed by atoms with Gasteiger partial charge in [0.1, 0.15) is 0 Å². The van der Waals surface area contributed by atoms with Crippen molar-refractivity contribution in [2.24, 2.45) is 0 Å². The van der Waals surface area contributed by atoms with E-state index in [0.29, 0.717) is 6.04 Å². The van der Waals surface area contributed by atoms with Crippen molar-refractivity contribution in [2.45, 2.75) is 29.1 Å². The van der Waals surface area contributed by atoms with E-state index in [4.69, 9.17) is 34.8 Å². The van der Waals surface area contributed by atoms with Crippen LogP contribution in [0.5, 0.6) is 0 Å². The molecule has 78 valence electrons. The van der Waals surface area contributed by atoms with Gasteiger partial charge in [0.25, 0.3) is 3.79 Å². The van der Waals surface area contributed by atoms with Gasteiger partial charge in [0.2, 0.25) is 5.13 Å². The maximum absolute atomic E-state index is 5.64. The molecule has 1 aromatic heterocycles. The smallest absolute Gasteiger partial charge is 0.251 e. The van der Waals surface area contributed by atoms with E-state index in [1.807, 2.05) is 0 Å². The molecule has 1 saturated carbocycles. The van der Waals surface area contributed by atoms with Crippen LogP contribution in [-0.4, -0.2) is 15.4 Å². The maximum atomic E-state index is 5.64. The lowest BCUT2D eigenvalue weighted by Crippen LogP contribution is -2.26. The number of hydrogen-bond acceptors (Lipinski definition) is 4. The zero-order valence-electron chi connectivity index (χ0n) is 7.14. The lowest BCUT2D eigenvalue weighted by molar-refractivity contribution is 0.445. The fraction of sp³-hybridized carbons (Fsp3) is 0.714. The third-order valence-electron chi connectivity index (χ3n) is 2.11. The fourth-order valence-electron chi connectivity index (χ4n) is 1.12. The van der Waals surface area contributed by atoms with Crippen molar-refractivity contribution < 1.29 is 0 Å². The van der Waals surface area contributed by atoms with Crippen molar-refractivity contribution in [3.63, 3.8) is 0 Å². The second-order valence-electron chi connectivity index (χ2n) is 3.19. The molecular weight excluding hydrogens is 265 g/mol. The molecule has 0 amide bonds. The summed E-state index contributed by atoms with van der Waals surface area (Å²) in [5.41, 5.74) is 0. The van der Waals surface area contributed by atoms with Crippen LogP contribution < -0.4 is 5.32 Å². The van der Waals surface area contributed by atoms with Crippen LogP contribution in [0, 0.1) is 0 Å². The first-order valence-electron chi connectivity index (χ1n) is 4.23. The van der Waals surface area contributed by atoms with Crippen LogP contribution >= 0.6 is 46.3 Å². The molecule has 1 heterocycles. The van der Waals surface area contributed by atoms with Crippen molar-refractivity contribution in [1.82, 2.24) is 9.36 Å². The van der Waals surface area contributed by atoms with Crippen LogP contribution in [0.25, 0.3) is 0 Å². The number of anilines is 1. The van der Waals surface area contributed by atoms with E-state index < -0.39 is 3.79 Å². The molecule has 0 spiro atoms. The van der Waals surface area contributed by atoms with Gasteiger partial charge < -0.3 is 5.32 Å². The summed E-state index contributed by atoms with van der Waals surface area (Å²) >= 11 is 18.2. The number of nitrogens with one attached hydrogen (secondary N) is 1. The molecule has 1 N–H and O–H groups in total. The topological polar surface area (TPSA) is 37.8 Å². The number of hydrogen-bond donors (Lipinski definition) is 1. The minimum absolute atomic E-state index is 0.245. The van der Waals surface area contributed by atoms with Crippen molar-refractivity contribution in [3.8, 4) is 0 Å². The van der Waals surface area contributed by atoms with Gasteiger partial charge >= 0.3 is 0 Å². The SMILES string of the molecule is ClC(Cl)(Cl)c1nsc(NC2CCC2)n1. The van der Waals surface area contributed by atoms with Gasteiger partial charge in [-0.25, -0.2) is 0 Å². The van der Waals surface area contributed by atoms with Crippen LogP contribution in [0.1, 0.15) is 25.1 Å². The minimum atomic E-state index is -1.52. The van der Waals surface area contributed by atoms with E-state index in [1.54, 1.807) is 0 Å². The van der Waals surface area contributed by atoms with Gasteiger partial charge in [-0.05, 0) is 19.3 Å². The molecule has 0 saturated heterocycles. The van der Waals surface area contributed by atoms with Gasteiger partial charge in [-0.3, -0.25) is 0 Å². The summed E-state index contributed by atoms with van der Waals surface area (Å²) in [4.78, 5) is 4.10. The molecule has 0 atom stereocenters. The lowest BCUT2D eigenvalue weighted by atomic mass is 9.93. The second-order valence-corrected chi connectivity index (χ2v) is 6.23. The Bertz CT molecular complexity index is 318. The molecule has 0 unspecified atom stereocenters. The van der Waals surface area contributed by atoms with Crippen molar-refractivity contribution >= 4 is 51.5 Å². The van der Waals surface area contributed by atoms with E-state index >= 15 is 0 Å². The molecule has 1 fully saturated rings. The summed E-state index contributed by atoms with van der Waals surface area (Å²) in [6.07, 6.45) is 3.64. The Labute approximate surface area is 101 Å². The third kappa shape index (κ3) is 2.42. The number of alkyl halides is 3. The molecule has 1 aliphatic carbocycles. The molecular formula is C7H8Cl3N3S. The van der Waals surface area contributed by atoms with Crippen LogP contribution in [0.15, 0.2) is 0 Å². The van der Waals surface area contributed by atoms with Gasteiger partial charge in [0.05, 0.1) is 0 Å². The lowest BCUT2D eigenvalue weighted by Gasteiger charge is -2.25. The highest BCUT2D eigenvalue weighted by molar-refractivity contribution is 7.09. The largest absolute Gasteiger partial charge is 0.358 e. The third-order valence-corrected chi connectivity index (χ3v) is 3.27. The van der Waals surface area contributed by atoms with Crippen LogP contribution in [0.2, 0.25) is 0 Å². The van der Waals surface area contributed by atoms with Crippen LogP contribution in [0.4, 0.5) is 5.13 Å². The highest BCUT2D eigenvalue weighted by Gasteiger charge is 2.29. The van der Waals surface area contributed by atoms with Crippen molar-refractivity contribution in [3.05, 3.63) is 5.82 Å². The van der Waals surface area contributed by atoms with Gasteiger partial charge in [-0.2, -0.15) is 9.36 Å². The Hall–Kier alpha value is 0.230. The molecule has 2 rings (SSSR count). The Balaban J connectivity index is 2.02. The summed E-state index contributed by atoms with van der Waals surface area (Å²) < 4.78 is 2.45. The summed E-state index contributed by atoms with van der Waals surface area (Å²) in [7, 11) is 0. The molecule has 3 nitrogen and oxygen atoms in total. The molecule has 1 aliphatic rings. The average molecular weight is 273 g/mol. The van der Waals surface area contributed by atoms with Gasteiger partial charge in [-0.1, -0.05) is 34.8 Å². The number of nitrogens with zero attached hydrogens (tertiary/aromatic N) is 2. The summed E-state index contributed by atoms with van der Waals surface area (Å²) in [5.74, 6) is 0.245. The van der Waals surface area contributed by atoms with E-state index in [0.717, 1.165) is 5.13 Å². The first-order valence-corrected chi connectivity index (χ1v) is 6.14. The quantitative estimate of drug-likeness (QED) is 0.839. The van der Waals surface area contributed by atoms with E-state index in [9.17, 15) is 0 Å². The van der Waals surface area contributed by atoms with Crippen LogP contribution in [-0.2, 0) is 3.79 Å². The van der Waals surface area contributed by atoms with E-state index in [1.165, 1.54) is 30.8 Å². The minimum Gasteiger partial charge on any atom is -0.358 e. The molecule has 0 aromatic carbocycles. The molecule has 0 aliphatic heterocycles. The number of halogens is 3. The summed E-state index contributed by atoms with van der Waals surface area (Å²) in [6.45, 7) is 0. The molecule has 7 heteroatoms. The first kappa shape index (κ1) is 10.7. The predicted molar refractivity (Wildman–Crippen MR) is 60.4 cm³/mol. The standard InChI is InChI=1S/C7H8Cl3N3S/c8-7(9,10)5-12-6(14-13-5)11-4-2-1-3-4/h4H,1-3H2,(H,11,12,13). The average Bonchev–Trinajstić information content (AvgIpc) is 2.43. The summed E-state index contributed by atoms with van der Waals surface area (Å²) in [5, 5.41) is 3.97. The van der Waals surface area contributed by atoms with E-state index in [-0.39, 0.29) is 5.82 Å². The molecule has 0 bridgehead atoms. The molecule has 0 radical (unpaired) electrons. The van der Waals surface area contributed by atoms with Gasteiger partial charge in [-0.15, -0.1) is 0 Å². The normalized spacial score (nSPS) is 17.9. The van der Waals surface area contributed by atoms with E-state index in [2.05, 4.69) is 14.7 Å². The Morgan fingerprint density at radius 2 is 2.07 bits per heavy atom. The second kappa shape index (κ2) is 4.00. The Morgan fingerprint density at radius 3 is 2.50 bits per heavy atom. The first-order chi connectivity index (χ1) is 6.55. The summed E-state index contributed by atoms with van der Waals surface area (Å²) in [6, 6.07) is 0.520. The molecule has 1 aromatic rings. The number of aromatic nitrogens is 2. The highest BCUT2D eigenvalue weighted by Crippen LogP contribution is 2.37. The Kier molecular flexibility index (Phi) is 3.07.